The first-order chi connectivity index (χ1) is 9.01. The molecule has 0 fully saturated rings. The molecule has 4 N–H and O–H groups in total. The van der Waals surface area contributed by atoms with Crippen LogP contribution in [0.25, 0.3) is 0 Å². The van der Waals surface area contributed by atoms with E-state index in [-0.39, 0.29) is 30.9 Å². The van der Waals surface area contributed by atoms with Crippen LogP contribution >= 0.6 is 11.9 Å². The van der Waals surface area contributed by atoms with Crippen LogP contribution in [-0.4, -0.2) is 34.6 Å². The molecule has 0 aromatic carbocycles. The fraction of sp³-hybridized carbons (Fsp3) is 0.600. The van der Waals surface area contributed by atoms with Crippen molar-refractivity contribution in [2.24, 2.45) is 10.3 Å². The number of carbonyl (C=O) groups is 3. The molecule has 0 heterocycles. The minimum Gasteiger partial charge on any atom is -0.481 e. The van der Waals surface area contributed by atoms with Gasteiger partial charge in [-0.3, -0.25) is 14.4 Å². The van der Waals surface area contributed by atoms with Crippen LogP contribution in [0, 0.1) is 11.5 Å². The lowest BCUT2D eigenvalue weighted by atomic mass is 10.1. The van der Waals surface area contributed by atoms with Gasteiger partial charge in [0.05, 0.1) is 12.5 Å². The number of nitrogens with zero attached hydrogens (tertiary/aromatic N) is 1. The fourth-order valence-corrected chi connectivity index (χ4v) is 1.68. The van der Waals surface area contributed by atoms with Crippen LogP contribution < -0.4 is 11.1 Å². The third-order valence-corrected chi connectivity index (χ3v) is 2.73. The topological polar surface area (TPSA) is 139 Å². The highest BCUT2D eigenvalue weighted by Crippen LogP contribution is 2.07. The summed E-state index contributed by atoms with van der Waals surface area (Å²) in [5, 5.41) is 10.9. The molecule has 0 aliphatic carbocycles. The van der Waals surface area contributed by atoms with Gasteiger partial charge < -0.3 is 16.2 Å². The molecule has 0 rings (SSSR count). The zero-order valence-electron chi connectivity index (χ0n) is 10.2. The maximum Gasteiger partial charge on any atom is 0.303 e. The largest absolute Gasteiger partial charge is 0.481 e. The summed E-state index contributed by atoms with van der Waals surface area (Å²) in [5.41, 5.74) is 5.13. The fourth-order valence-electron chi connectivity index (χ4n) is 1.21. The minimum atomic E-state index is -1.10. The summed E-state index contributed by atoms with van der Waals surface area (Å²) in [6, 6.07) is -0.910. The van der Waals surface area contributed by atoms with E-state index in [1.807, 2.05) is 0 Å². The first-order valence-electron chi connectivity index (χ1n) is 5.53. The number of ketones is 1. The van der Waals surface area contributed by atoms with E-state index in [9.17, 15) is 19.3 Å². The highest BCUT2D eigenvalue weighted by molar-refractivity contribution is 7.97. The summed E-state index contributed by atoms with van der Waals surface area (Å²) < 4.78 is 2.54. The van der Waals surface area contributed by atoms with Crippen molar-refractivity contribution in [3.05, 3.63) is 11.5 Å². The molecule has 0 aromatic heterocycles. The molecular weight excluding hydrogens is 274 g/mol. The van der Waals surface area contributed by atoms with Crippen LogP contribution in [0.5, 0.6) is 0 Å². The Balaban J connectivity index is 4.34. The van der Waals surface area contributed by atoms with Gasteiger partial charge in [0.15, 0.2) is 5.78 Å². The predicted molar refractivity (Wildman–Crippen MR) is 69.8 cm³/mol. The Kier molecular flexibility index (Phi) is 9.63. The molecule has 0 spiro atoms. The number of rotatable bonds is 11. The summed E-state index contributed by atoms with van der Waals surface area (Å²) in [7, 11) is 0. The molecule has 8 nitrogen and oxygen atoms in total. The molecule has 0 bridgehead atoms. The van der Waals surface area contributed by atoms with Crippen LogP contribution in [0.1, 0.15) is 25.7 Å². The zero-order valence-corrected chi connectivity index (χ0v) is 11.0. The molecule has 1 atom stereocenters. The molecular formula is C10H16N3O5S. The van der Waals surface area contributed by atoms with Gasteiger partial charge in [-0.2, -0.15) is 0 Å². The van der Waals surface area contributed by atoms with Crippen molar-refractivity contribution < 1.29 is 19.5 Å². The standard InChI is InChI=1S/C10H16N3O5S/c11-5-1-2-9(15)12-7(6-19-13-18)8(14)3-4-10(16)17/h5,7H,1-4,6,11H2,(H,12,15)(H,16,17)/t7-/m0/s1. The van der Waals surface area contributed by atoms with E-state index in [1.54, 1.807) is 0 Å². The Bertz CT molecular complexity index is 337. The van der Waals surface area contributed by atoms with Gasteiger partial charge in [0.2, 0.25) is 5.91 Å². The number of nitrogens with one attached hydrogen (secondary N) is 1. The summed E-state index contributed by atoms with van der Waals surface area (Å²) in [6.07, 6.45) is -0.0387. The molecule has 0 saturated heterocycles. The first kappa shape index (κ1) is 17.5. The summed E-state index contributed by atoms with van der Waals surface area (Å²) >= 11 is 0.599. The predicted octanol–water partition coefficient (Wildman–Crippen LogP) is 0.220. The Hall–Kier alpha value is -1.48. The number of carboxylic acids is 1. The molecule has 1 radical (unpaired) electrons. The molecule has 0 aliphatic rings. The molecule has 0 unspecified atom stereocenters. The monoisotopic (exact) mass is 290 g/mol. The van der Waals surface area contributed by atoms with Gasteiger partial charge in [-0.25, -0.2) is 0 Å². The number of hydrogen-bond donors (Lipinski definition) is 3. The average molecular weight is 290 g/mol. The lowest BCUT2D eigenvalue weighted by Gasteiger charge is -2.15. The van der Waals surface area contributed by atoms with Gasteiger partial charge in [0.1, 0.15) is 0 Å². The van der Waals surface area contributed by atoms with Crippen molar-refractivity contribution >= 4 is 29.6 Å². The highest BCUT2D eigenvalue weighted by Gasteiger charge is 2.21. The van der Waals surface area contributed by atoms with Gasteiger partial charge in [-0.15, -0.1) is 4.91 Å². The lowest BCUT2D eigenvalue weighted by molar-refractivity contribution is -0.138. The number of carbonyl (C=O) groups excluding carboxylic acids is 2. The van der Waals surface area contributed by atoms with Gasteiger partial charge >= 0.3 is 5.97 Å². The van der Waals surface area contributed by atoms with Crippen molar-refractivity contribution in [1.29, 1.82) is 0 Å². The Morgan fingerprint density at radius 2 is 2.00 bits per heavy atom. The third-order valence-electron chi connectivity index (χ3n) is 2.14. The number of aliphatic carboxylic acids is 1. The molecule has 9 heteroatoms. The normalized spacial score (nSPS) is 11.6. The summed E-state index contributed by atoms with van der Waals surface area (Å²) in [5.74, 6) is -1.94. The van der Waals surface area contributed by atoms with E-state index in [2.05, 4.69) is 9.90 Å². The van der Waals surface area contributed by atoms with Crippen molar-refractivity contribution in [1.82, 2.24) is 5.32 Å². The number of amides is 1. The zero-order chi connectivity index (χ0) is 14.7. The average Bonchev–Trinajstić information content (AvgIpc) is 2.38. The lowest BCUT2D eigenvalue weighted by Crippen LogP contribution is -2.42. The Morgan fingerprint density at radius 1 is 1.32 bits per heavy atom. The van der Waals surface area contributed by atoms with Crippen molar-refractivity contribution in [2.45, 2.75) is 31.7 Å². The number of nitrogens with two attached hydrogens (primary N) is 1. The SMILES string of the molecule is N[CH]CCC(=O)N[C@@H](CSN=O)C(=O)CCC(=O)O. The van der Waals surface area contributed by atoms with Crippen LogP contribution in [0.2, 0.25) is 0 Å². The van der Waals surface area contributed by atoms with Crippen LogP contribution in [0.4, 0.5) is 0 Å². The maximum absolute atomic E-state index is 11.7. The smallest absolute Gasteiger partial charge is 0.303 e. The second kappa shape index (κ2) is 10.4. The molecule has 19 heavy (non-hydrogen) atoms. The van der Waals surface area contributed by atoms with E-state index >= 15 is 0 Å². The van der Waals surface area contributed by atoms with Crippen LogP contribution in [0.15, 0.2) is 4.58 Å². The number of hydrogen-bond acceptors (Lipinski definition) is 7. The van der Waals surface area contributed by atoms with Gasteiger partial charge in [-0.1, -0.05) is 0 Å². The Labute approximate surface area is 114 Å². The van der Waals surface area contributed by atoms with E-state index in [4.69, 9.17) is 10.8 Å². The van der Waals surface area contributed by atoms with Crippen molar-refractivity contribution in [2.75, 3.05) is 5.75 Å². The summed E-state index contributed by atoms with van der Waals surface area (Å²) in [4.78, 5) is 43.5. The summed E-state index contributed by atoms with van der Waals surface area (Å²) in [6.45, 7) is 1.32. The van der Waals surface area contributed by atoms with Gasteiger partial charge in [0.25, 0.3) is 0 Å². The number of nitroso groups, excluding NO2 is 1. The van der Waals surface area contributed by atoms with Crippen LogP contribution in [-0.2, 0) is 14.4 Å². The molecule has 0 aliphatic heterocycles. The van der Waals surface area contributed by atoms with E-state index < -0.39 is 17.8 Å². The quantitative estimate of drug-likeness (QED) is 0.365. The van der Waals surface area contributed by atoms with Crippen molar-refractivity contribution in [3.8, 4) is 0 Å². The highest BCUT2D eigenvalue weighted by atomic mass is 32.2. The second-order valence-electron chi connectivity index (χ2n) is 3.62. The van der Waals surface area contributed by atoms with Crippen LogP contribution in [0.3, 0.4) is 0 Å². The van der Waals surface area contributed by atoms with E-state index in [1.165, 1.54) is 6.54 Å². The van der Waals surface area contributed by atoms with E-state index in [0.29, 0.717) is 18.4 Å². The number of Topliss-reactive ketones (excluding diaryl/α,β-unsaturated/α-hetero) is 1. The van der Waals surface area contributed by atoms with E-state index in [0.717, 1.165) is 0 Å². The first-order valence-corrected chi connectivity index (χ1v) is 6.47. The molecule has 0 saturated carbocycles. The van der Waals surface area contributed by atoms with Gasteiger partial charge in [0, 0.05) is 41.7 Å². The molecule has 107 valence electrons. The molecule has 0 aromatic rings. The van der Waals surface area contributed by atoms with Crippen molar-refractivity contribution in [3.63, 3.8) is 0 Å². The third kappa shape index (κ3) is 9.14. The Morgan fingerprint density at radius 3 is 2.53 bits per heavy atom. The minimum absolute atomic E-state index is 0.0139. The molecule has 1 amide bonds. The second-order valence-corrected chi connectivity index (χ2v) is 4.37. The number of carboxylic acid groups (broad SMARTS) is 1. The maximum atomic E-state index is 11.7. The van der Waals surface area contributed by atoms with Gasteiger partial charge in [-0.05, 0) is 6.42 Å².